The van der Waals surface area contributed by atoms with Crippen LogP contribution < -0.4 is 0 Å². The number of benzene rings is 1. The standard InChI is InChI=1S/C29H36ClN5O3/c1-7-10-32-25-19(2)15-23(27(36)24-17-31-18-33(24)6)22-16-20(30)8-9-21(22)26(25)34-11-13-35(14-12-34)28(37)38-29(3,4)5/h7-10,15-18,26-27,36H,2,11-14H2,1,3-6H3/b10-7-,32-25?/t26-,27?/m0/s1. The lowest BCUT2D eigenvalue weighted by molar-refractivity contribution is 0.0129. The first-order valence-corrected chi connectivity index (χ1v) is 13.1. The van der Waals surface area contributed by atoms with Gasteiger partial charge in [0.25, 0.3) is 0 Å². The van der Waals surface area contributed by atoms with Crippen molar-refractivity contribution in [2.75, 3.05) is 26.2 Å². The fourth-order valence-corrected chi connectivity index (χ4v) is 5.03. The molecule has 8 nitrogen and oxygen atoms in total. The summed E-state index contributed by atoms with van der Waals surface area (Å²) >= 11 is 6.49. The van der Waals surface area contributed by atoms with Gasteiger partial charge in [-0.15, -0.1) is 0 Å². The van der Waals surface area contributed by atoms with Crippen LogP contribution in [0.4, 0.5) is 4.79 Å². The first-order valence-electron chi connectivity index (χ1n) is 12.8. The maximum absolute atomic E-state index is 12.7. The summed E-state index contributed by atoms with van der Waals surface area (Å²) in [7, 11) is 1.85. The minimum Gasteiger partial charge on any atom is -0.444 e. The molecular formula is C29H36ClN5O3. The van der Waals surface area contributed by atoms with E-state index in [0.717, 1.165) is 16.8 Å². The Kier molecular flexibility index (Phi) is 8.25. The van der Waals surface area contributed by atoms with Crippen molar-refractivity contribution < 1.29 is 14.6 Å². The summed E-state index contributed by atoms with van der Waals surface area (Å²) in [6.07, 6.45) is 7.60. The quantitative estimate of drug-likeness (QED) is 0.570. The molecule has 0 spiro atoms. The van der Waals surface area contributed by atoms with Crippen molar-refractivity contribution in [1.82, 2.24) is 19.4 Å². The van der Waals surface area contributed by atoms with Crippen molar-refractivity contribution in [2.24, 2.45) is 12.0 Å². The van der Waals surface area contributed by atoms with Crippen LogP contribution in [0.25, 0.3) is 5.57 Å². The van der Waals surface area contributed by atoms with E-state index in [1.807, 2.05) is 65.1 Å². The predicted molar refractivity (Wildman–Crippen MR) is 151 cm³/mol. The lowest BCUT2D eigenvalue weighted by Crippen LogP contribution is -2.52. The van der Waals surface area contributed by atoms with Crippen molar-refractivity contribution in [1.29, 1.82) is 0 Å². The topological polar surface area (TPSA) is 83.2 Å². The van der Waals surface area contributed by atoms with Gasteiger partial charge in [-0.25, -0.2) is 9.78 Å². The number of ether oxygens (including phenoxy) is 1. The zero-order valence-corrected chi connectivity index (χ0v) is 23.4. The fraction of sp³-hybridized carbons (Fsp3) is 0.414. The molecule has 1 aliphatic carbocycles. The van der Waals surface area contributed by atoms with Crippen LogP contribution in [0, 0.1) is 0 Å². The van der Waals surface area contributed by atoms with Gasteiger partial charge in [0.15, 0.2) is 0 Å². The molecule has 1 aromatic carbocycles. The lowest BCUT2D eigenvalue weighted by Gasteiger charge is -2.40. The molecule has 38 heavy (non-hydrogen) atoms. The van der Waals surface area contributed by atoms with Crippen LogP contribution in [0.2, 0.25) is 5.02 Å². The molecule has 2 aromatic rings. The highest BCUT2D eigenvalue weighted by atomic mass is 35.5. The van der Waals surface area contributed by atoms with Gasteiger partial charge in [-0.2, -0.15) is 0 Å². The van der Waals surface area contributed by atoms with Gasteiger partial charge in [0.1, 0.15) is 11.7 Å². The monoisotopic (exact) mass is 537 g/mol. The second-order valence-corrected chi connectivity index (χ2v) is 11.0. The number of carbonyl (C=O) groups excluding carboxylic acids is 1. The van der Waals surface area contributed by atoms with Gasteiger partial charge < -0.3 is 19.3 Å². The van der Waals surface area contributed by atoms with Crippen LogP contribution in [0.3, 0.4) is 0 Å². The minimum absolute atomic E-state index is 0.251. The molecule has 2 heterocycles. The molecule has 202 valence electrons. The number of aryl methyl sites for hydroxylation is 1. The van der Waals surface area contributed by atoms with E-state index in [1.54, 1.807) is 28.2 Å². The van der Waals surface area contributed by atoms with Gasteiger partial charge in [-0.05, 0) is 68.2 Å². The number of aliphatic hydroxyl groups is 1. The van der Waals surface area contributed by atoms with Crippen molar-refractivity contribution in [3.63, 3.8) is 0 Å². The molecule has 0 radical (unpaired) electrons. The van der Waals surface area contributed by atoms with E-state index in [9.17, 15) is 9.90 Å². The second kappa shape index (κ2) is 11.3. The van der Waals surface area contributed by atoms with E-state index >= 15 is 0 Å². The largest absolute Gasteiger partial charge is 0.444 e. The van der Waals surface area contributed by atoms with Crippen LogP contribution >= 0.6 is 11.6 Å². The number of imidazole rings is 1. The molecule has 2 atom stereocenters. The number of hydrogen-bond acceptors (Lipinski definition) is 6. The molecule has 1 unspecified atom stereocenters. The number of allylic oxidation sites excluding steroid dienone is 2. The third kappa shape index (κ3) is 5.93. The number of aromatic nitrogens is 2. The Morgan fingerprint density at radius 3 is 2.61 bits per heavy atom. The molecule has 1 saturated heterocycles. The Bertz CT molecular complexity index is 1300. The summed E-state index contributed by atoms with van der Waals surface area (Å²) in [5.74, 6) is 0. The van der Waals surface area contributed by atoms with Crippen molar-refractivity contribution >= 4 is 29.0 Å². The van der Waals surface area contributed by atoms with Crippen LogP contribution in [-0.2, 0) is 11.8 Å². The zero-order valence-electron chi connectivity index (χ0n) is 22.7. The predicted octanol–water partition coefficient (Wildman–Crippen LogP) is 5.33. The Morgan fingerprint density at radius 2 is 2.00 bits per heavy atom. The van der Waals surface area contributed by atoms with Gasteiger partial charge in [0, 0.05) is 44.4 Å². The number of hydrogen-bond donors (Lipinski definition) is 1. The smallest absolute Gasteiger partial charge is 0.410 e. The molecule has 0 bridgehead atoms. The Morgan fingerprint density at radius 1 is 1.29 bits per heavy atom. The third-order valence-electron chi connectivity index (χ3n) is 6.66. The van der Waals surface area contributed by atoms with E-state index in [1.165, 1.54) is 0 Å². The SMILES string of the molecule is C=C1C=C(C(O)c2cncn2C)c2cc(Cl)ccc2[C@H](N2CCN(C(=O)OC(C)(C)C)CC2)C1=N/C=C\C. The third-order valence-corrected chi connectivity index (χ3v) is 6.90. The number of amides is 1. The highest BCUT2D eigenvalue weighted by molar-refractivity contribution is 6.30. The van der Waals surface area contributed by atoms with Gasteiger partial charge in [-0.1, -0.05) is 30.3 Å². The number of nitrogens with zero attached hydrogens (tertiary/aromatic N) is 5. The number of aliphatic hydroxyl groups excluding tert-OH is 1. The Balaban J connectivity index is 1.75. The highest BCUT2D eigenvalue weighted by Gasteiger charge is 2.36. The number of rotatable bonds is 4. The van der Waals surface area contributed by atoms with E-state index in [2.05, 4.69) is 16.5 Å². The van der Waals surface area contributed by atoms with Gasteiger partial charge in [-0.3, -0.25) is 9.89 Å². The molecule has 0 saturated carbocycles. The number of fused-ring (bicyclic) bond motifs is 1. The fourth-order valence-electron chi connectivity index (χ4n) is 4.86. The molecule has 1 N–H and O–H groups in total. The summed E-state index contributed by atoms with van der Waals surface area (Å²) in [5.41, 5.74) is 4.07. The number of aliphatic imine (C=N–C) groups is 1. The van der Waals surface area contributed by atoms with Crippen LogP contribution in [-0.4, -0.2) is 68.0 Å². The summed E-state index contributed by atoms with van der Waals surface area (Å²) in [6.45, 7) is 14.2. The molecule has 9 heteroatoms. The molecule has 1 fully saturated rings. The van der Waals surface area contributed by atoms with Crippen molar-refractivity contribution in [3.8, 4) is 0 Å². The van der Waals surface area contributed by atoms with Crippen LogP contribution in [0.1, 0.15) is 56.7 Å². The molecule has 1 aliphatic heterocycles. The normalized spacial score (nSPS) is 20.9. The first kappa shape index (κ1) is 27.8. The average molecular weight is 538 g/mol. The van der Waals surface area contributed by atoms with E-state index in [-0.39, 0.29) is 12.1 Å². The Labute approximate surface area is 229 Å². The minimum atomic E-state index is -0.942. The molecule has 4 rings (SSSR count). The molecule has 1 aromatic heterocycles. The Hall–Kier alpha value is -3.20. The summed E-state index contributed by atoms with van der Waals surface area (Å²) < 4.78 is 7.38. The summed E-state index contributed by atoms with van der Waals surface area (Å²) in [5, 5.41) is 12.1. The van der Waals surface area contributed by atoms with Gasteiger partial charge in [0.05, 0.1) is 30.0 Å². The van der Waals surface area contributed by atoms with E-state index in [4.69, 9.17) is 21.3 Å². The maximum atomic E-state index is 12.7. The maximum Gasteiger partial charge on any atom is 0.410 e. The number of piperazine rings is 1. The van der Waals surface area contributed by atoms with Gasteiger partial charge in [0.2, 0.25) is 0 Å². The molecule has 1 amide bonds. The summed E-state index contributed by atoms with van der Waals surface area (Å²) in [6, 6.07) is 5.49. The number of carbonyl (C=O) groups is 1. The zero-order chi connectivity index (χ0) is 27.6. The highest BCUT2D eigenvalue weighted by Crippen LogP contribution is 2.42. The van der Waals surface area contributed by atoms with Crippen LogP contribution in [0.15, 0.2) is 66.2 Å². The average Bonchev–Trinajstić information content (AvgIpc) is 3.25. The van der Waals surface area contributed by atoms with Gasteiger partial charge >= 0.3 is 6.09 Å². The second-order valence-electron chi connectivity index (χ2n) is 10.6. The van der Waals surface area contributed by atoms with Crippen molar-refractivity contribution in [2.45, 2.75) is 45.4 Å². The number of halogens is 1. The molecular weight excluding hydrogens is 502 g/mol. The van der Waals surface area contributed by atoms with Crippen LogP contribution in [0.5, 0.6) is 0 Å². The van der Waals surface area contributed by atoms with E-state index in [0.29, 0.717) is 48.0 Å². The first-order chi connectivity index (χ1) is 18.0. The molecule has 2 aliphatic rings. The lowest BCUT2D eigenvalue weighted by atomic mass is 9.91. The van der Waals surface area contributed by atoms with Crippen molar-refractivity contribution in [3.05, 3.63) is 83.1 Å². The summed E-state index contributed by atoms with van der Waals surface area (Å²) in [4.78, 5) is 25.7. The van der Waals surface area contributed by atoms with E-state index < -0.39 is 11.7 Å².